The van der Waals surface area contributed by atoms with Gasteiger partial charge in [0.25, 0.3) is 0 Å². The van der Waals surface area contributed by atoms with Gasteiger partial charge in [-0.15, -0.1) is 0 Å². The Hall–Kier alpha value is -0.585. The van der Waals surface area contributed by atoms with Crippen LogP contribution in [0.15, 0.2) is 0 Å². The van der Waals surface area contributed by atoms with E-state index in [9.17, 15) is 4.79 Å². The SMILES string of the molecule is O=C([C@H]1CCNC1)N1CCC(B(O)O)C1. The summed E-state index contributed by atoms with van der Waals surface area (Å²) in [6.07, 6.45) is 1.60. The largest absolute Gasteiger partial charge is 0.456 e. The number of nitrogens with zero attached hydrogens (tertiary/aromatic N) is 1. The molecule has 0 aromatic heterocycles. The number of amides is 1. The first-order valence-electron chi connectivity index (χ1n) is 5.54. The van der Waals surface area contributed by atoms with Gasteiger partial charge in [-0.3, -0.25) is 4.79 Å². The third kappa shape index (κ3) is 2.33. The molecule has 0 radical (unpaired) electrons. The smallest absolute Gasteiger partial charge is 0.427 e. The van der Waals surface area contributed by atoms with Crippen LogP contribution < -0.4 is 5.32 Å². The summed E-state index contributed by atoms with van der Waals surface area (Å²) < 4.78 is 0. The van der Waals surface area contributed by atoms with Crippen molar-refractivity contribution in [2.75, 3.05) is 26.2 Å². The van der Waals surface area contributed by atoms with Crippen LogP contribution in [-0.2, 0) is 4.79 Å². The van der Waals surface area contributed by atoms with Gasteiger partial charge in [-0.05, 0) is 19.4 Å². The lowest BCUT2D eigenvalue weighted by molar-refractivity contribution is -0.133. The predicted octanol–water partition coefficient (Wildman–Crippen LogP) is -1.33. The summed E-state index contributed by atoms with van der Waals surface area (Å²) in [6, 6.07) is 0. The highest BCUT2D eigenvalue weighted by Crippen LogP contribution is 2.25. The van der Waals surface area contributed by atoms with E-state index in [0.717, 1.165) is 19.5 Å². The van der Waals surface area contributed by atoms with Crippen LogP contribution >= 0.6 is 0 Å². The average Bonchev–Trinajstić information content (AvgIpc) is 2.88. The molecule has 1 unspecified atom stereocenters. The van der Waals surface area contributed by atoms with Gasteiger partial charge in [0.2, 0.25) is 5.91 Å². The van der Waals surface area contributed by atoms with Crippen molar-refractivity contribution in [3.05, 3.63) is 0 Å². The Morgan fingerprint density at radius 3 is 2.73 bits per heavy atom. The van der Waals surface area contributed by atoms with Gasteiger partial charge >= 0.3 is 7.12 Å². The fraction of sp³-hybridized carbons (Fsp3) is 0.889. The molecule has 2 saturated heterocycles. The molecule has 0 aromatic carbocycles. The fourth-order valence-corrected chi connectivity index (χ4v) is 2.35. The molecule has 2 fully saturated rings. The van der Waals surface area contributed by atoms with Gasteiger partial charge in [-0.1, -0.05) is 0 Å². The highest BCUT2D eigenvalue weighted by Gasteiger charge is 2.36. The zero-order valence-corrected chi connectivity index (χ0v) is 8.72. The lowest BCUT2D eigenvalue weighted by Gasteiger charge is -2.20. The Balaban J connectivity index is 1.87. The zero-order chi connectivity index (χ0) is 10.8. The normalized spacial score (nSPS) is 30.9. The number of hydrogen-bond donors (Lipinski definition) is 3. The predicted molar refractivity (Wildman–Crippen MR) is 56.1 cm³/mol. The molecular formula is C9H17BN2O3. The minimum Gasteiger partial charge on any atom is -0.427 e. The van der Waals surface area contributed by atoms with Crippen LogP contribution in [0.2, 0.25) is 5.82 Å². The van der Waals surface area contributed by atoms with Gasteiger partial charge in [-0.25, -0.2) is 0 Å². The summed E-state index contributed by atoms with van der Waals surface area (Å²) >= 11 is 0. The first-order chi connectivity index (χ1) is 7.18. The Morgan fingerprint density at radius 2 is 2.20 bits per heavy atom. The summed E-state index contributed by atoms with van der Waals surface area (Å²) in [4.78, 5) is 13.7. The maximum absolute atomic E-state index is 11.9. The van der Waals surface area contributed by atoms with E-state index in [1.54, 1.807) is 4.90 Å². The fourth-order valence-electron chi connectivity index (χ4n) is 2.35. The summed E-state index contributed by atoms with van der Waals surface area (Å²) in [5.41, 5.74) is 0. The molecule has 3 N–H and O–H groups in total. The van der Waals surface area contributed by atoms with Crippen molar-refractivity contribution in [3.8, 4) is 0 Å². The molecule has 2 atom stereocenters. The summed E-state index contributed by atoms with van der Waals surface area (Å²) in [7, 11) is -1.29. The molecule has 2 aliphatic heterocycles. The maximum atomic E-state index is 11.9. The maximum Gasteiger partial charge on any atom is 0.456 e. The first-order valence-corrected chi connectivity index (χ1v) is 5.54. The number of hydrogen-bond acceptors (Lipinski definition) is 4. The summed E-state index contributed by atoms with van der Waals surface area (Å²) in [5.74, 6) is 0.103. The van der Waals surface area contributed by atoms with Crippen LogP contribution in [0.5, 0.6) is 0 Å². The monoisotopic (exact) mass is 212 g/mol. The van der Waals surface area contributed by atoms with Crippen molar-refractivity contribution in [1.29, 1.82) is 0 Å². The lowest BCUT2D eigenvalue weighted by Crippen LogP contribution is -2.36. The van der Waals surface area contributed by atoms with E-state index in [4.69, 9.17) is 10.0 Å². The molecule has 0 aliphatic carbocycles. The summed E-state index contributed by atoms with van der Waals surface area (Å²) in [5, 5.41) is 21.2. The molecule has 2 rings (SSSR count). The van der Waals surface area contributed by atoms with E-state index in [-0.39, 0.29) is 17.6 Å². The van der Waals surface area contributed by atoms with Crippen molar-refractivity contribution in [2.45, 2.75) is 18.7 Å². The Morgan fingerprint density at radius 1 is 1.40 bits per heavy atom. The molecule has 15 heavy (non-hydrogen) atoms. The lowest BCUT2D eigenvalue weighted by atomic mass is 9.72. The van der Waals surface area contributed by atoms with Gasteiger partial charge < -0.3 is 20.3 Å². The molecule has 1 amide bonds. The minimum atomic E-state index is -1.29. The van der Waals surface area contributed by atoms with Crippen molar-refractivity contribution in [1.82, 2.24) is 10.2 Å². The van der Waals surface area contributed by atoms with Crippen LogP contribution in [0.1, 0.15) is 12.8 Å². The number of nitrogens with one attached hydrogen (secondary N) is 1. The molecular weight excluding hydrogens is 195 g/mol. The second-order valence-corrected chi connectivity index (χ2v) is 4.44. The standard InChI is InChI=1S/C9H17BN2O3/c13-9(7-1-3-11-5-7)12-4-2-8(6-12)10(14)15/h7-8,11,14-15H,1-6H2/t7-,8?/m0/s1. The van der Waals surface area contributed by atoms with Gasteiger partial charge in [0.1, 0.15) is 0 Å². The number of rotatable bonds is 2. The van der Waals surface area contributed by atoms with Gasteiger partial charge in [0.05, 0.1) is 5.92 Å². The Labute approximate surface area is 89.6 Å². The van der Waals surface area contributed by atoms with E-state index >= 15 is 0 Å². The van der Waals surface area contributed by atoms with E-state index < -0.39 is 7.12 Å². The average molecular weight is 212 g/mol. The minimum absolute atomic E-state index is 0.0968. The topological polar surface area (TPSA) is 72.8 Å². The van der Waals surface area contributed by atoms with Crippen LogP contribution in [0.4, 0.5) is 0 Å². The molecule has 0 bridgehead atoms. The molecule has 2 aliphatic rings. The molecule has 2 heterocycles. The van der Waals surface area contributed by atoms with E-state index in [0.29, 0.717) is 19.5 Å². The Bertz CT molecular complexity index is 244. The summed E-state index contributed by atoms with van der Waals surface area (Å²) in [6.45, 7) is 2.84. The zero-order valence-electron chi connectivity index (χ0n) is 8.72. The van der Waals surface area contributed by atoms with Crippen LogP contribution in [0, 0.1) is 5.92 Å². The van der Waals surface area contributed by atoms with Crippen molar-refractivity contribution >= 4 is 13.0 Å². The second-order valence-electron chi connectivity index (χ2n) is 4.44. The first kappa shape index (κ1) is 10.9. The molecule has 0 saturated carbocycles. The van der Waals surface area contributed by atoms with E-state index in [1.165, 1.54) is 0 Å². The molecule has 84 valence electrons. The van der Waals surface area contributed by atoms with Gasteiger partial charge in [0, 0.05) is 25.5 Å². The van der Waals surface area contributed by atoms with Crippen molar-refractivity contribution < 1.29 is 14.8 Å². The van der Waals surface area contributed by atoms with E-state index in [1.807, 2.05) is 0 Å². The van der Waals surface area contributed by atoms with Crippen molar-refractivity contribution in [2.24, 2.45) is 5.92 Å². The highest BCUT2D eigenvalue weighted by atomic mass is 16.4. The molecule has 0 spiro atoms. The van der Waals surface area contributed by atoms with Crippen LogP contribution in [0.3, 0.4) is 0 Å². The third-order valence-electron chi connectivity index (χ3n) is 3.37. The van der Waals surface area contributed by atoms with Crippen LogP contribution in [0.25, 0.3) is 0 Å². The number of carbonyl (C=O) groups is 1. The Kier molecular flexibility index (Phi) is 3.28. The quantitative estimate of drug-likeness (QED) is 0.496. The molecule has 5 nitrogen and oxygen atoms in total. The highest BCUT2D eigenvalue weighted by molar-refractivity contribution is 6.43. The van der Waals surface area contributed by atoms with Crippen molar-refractivity contribution in [3.63, 3.8) is 0 Å². The number of carbonyl (C=O) groups excluding carboxylic acids is 1. The molecule has 6 heteroatoms. The molecule has 0 aromatic rings. The van der Waals surface area contributed by atoms with Gasteiger partial charge in [0.15, 0.2) is 0 Å². The third-order valence-corrected chi connectivity index (χ3v) is 3.37. The van der Waals surface area contributed by atoms with Gasteiger partial charge in [-0.2, -0.15) is 0 Å². The van der Waals surface area contributed by atoms with E-state index in [2.05, 4.69) is 5.32 Å². The second kappa shape index (κ2) is 4.51. The number of likely N-dealkylation sites (tertiary alicyclic amines) is 1. The van der Waals surface area contributed by atoms with Crippen LogP contribution in [-0.4, -0.2) is 54.2 Å².